The Kier molecular flexibility index (Phi) is 4.06. The van der Waals surface area contributed by atoms with Crippen molar-refractivity contribution in [1.82, 2.24) is 0 Å². The van der Waals surface area contributed by atoms with Crippen molar-refractivity contribution in [3.05, 3.63) is 33.0 Å². The summed E-state index contributed by atoms with van der Waals surface area (Å²) in [6.45, 7) is 0.822. The Balaban J connectivity index is 2.37. The smallest absolute Gasteiger partial charge is 0.185 e. The molecule has 18 heavy (non-hydrogen) atoms. The van der Waals surface area contributed by atoms with Crippen LogP contribution in [0.2, 0.25) is 5.02 Å². The molecular formula is C12H12BrClFNO2. The molecule has 6 heteroatoms. The SMILES string of the molecule is NC1(C(=O)c2ccc(Br)c(Cl)c2F)CCOCC1. The maximum atomic E-state index is 14.0. The number of Topliss-reactive ketones (excluding diaryl/α,β-unsaturated/α-hetero) is 1. The van der Waals surface area contributed by atoms with Crippen LogP contribution in [0.5, 0.6) is 0 Å². The Morgan fingerprint density at radius 3 is 2.67 bits per heavy atom. The number of hydrogen-bond donors (Lipinski definition) is 1. The fourth-order valence-electron chi connectivity index (χ4n) is 1.93. The van der Waals surface area contributed by atoms with Crippen LogP contribution in [0.1, 0.15) is 23.2 Å². The fourth-order valence-corrected chi connectivity index (χ4v) is 2.40. The van der Waals surface area contributed by atoms with E-state index in [0.29, 0.717) is 30.5 Å². The summed E-state index contributed by atoms with van der Waals surface area (Å²) in [6, 6.07) is 2.94. The average molecular weight is 337 g/mol. The van der Waals surface area contributed by atoms with Gasteiger partial charge in [0.05, 0.1) is 16.1 Å². The van der Waals surface area contributed by atoms with E-state index in [1.54, 1.807) is 6.07 Å². The second-order valence-corrected chi connectivity index (χ2v) is 5.55. The minimum absolute atomic E-state index is 0.0624. The van der Waals surface area contributed by atoms with E-state index in [2.05, 4.69) is 15.9 Å². The third-order valence-electron chi connectivity index (χ3n) is 3.12. The number of benzene rings is 1. The fraction of sp³-hybridized carbons (Fsp3) is 0.417. The van der Waals surface area contributed by atoms with E-state index in [-0.39, 0.29) is 10.6 Å². The molecule has 3 nitrogen and oxygen atoms in total. The number of nitrogens with two attached hydrogens (primary N) is 1. The predicted molar refractivity (Wildman–Crippen MR) is 70.4 cm³/mol. The molecule has 0 saturated carbocycles. The van der Waals surface area contributed by atoms with Crippen LogP contribution in [0.25, 0.3) is 0 Å². The quantitative estimate of drug-likeness (QED) is 0.667. The van der Waals surface area contributed by atoms with Gasteiger partial charge in [0, 0.05) is 17.7 Å². The van der Waals surface area contributed by atoms with Gasteiger partial charge in [0.15, 0.2) is 11.6 Å². The first kappa shape index (κ1) is 13.9. The number of hydrogen-bond acceptors (Lipinski definition) is 3. The molecule has 0 bridgehead atoms. The molecule has 1 heterocycles. The topological polar surface area (TPSA) is 52.3 Å². The van der Waals surface area contributed by atoms with Crippen molar-refractivity contribution < 1.29 is 13.9 Å². The van der Waals surface area contributed by atoms with Crippen LogP contribution in [0.3, 0.4) is 0 Å². The summed E-state index contributed by atoms with van der Waals surface area (Å²) < 4.78 is 19.5. The lowest BCUT2D eigenvalue weighted by molar-refractivity contribution is 0.0445. The third kappa shape index (κ3) is 2.45. The second-order valence-electron chi connectivity index (χ2n) is 4.32. The molecule has 0 radical (unpaired) electrons. The first-order valence-electron chi connectivity index (χ1n) is 5.50. The van der Waals surface area contributed by atoms with Crippen molar-refractivity contribution in [2.24, 2.45) is 5.73 Å². The van der Waals surface area contributed by atoms with Gasteiger partial charge in [0.1, 0.15) is 0 Å². The zero-order valence-corrected chi connectivity index (χ0v) is 11.9. The van der Waals surface area contributed by atoms with Crippen molar-refractivity contribution >= 4 is 33.3 Å². The molecule has 0 amide bonds. The molecule has 0 spiro atoms. The molecule has 2 rings (SSSR count). The highest BCUT2D eigenvalue weighted by Crippen LogP contribution is 2.31. The van der Waals surface area contributed by atoms with Crippen molar-refractivity contribution in [3.63, 3.8) is 0 Å². The zero-order chi connectivity index (χ0) is 13.3. The van der Waals surface area contributed by atoms with Gasteiger partial charge >= 0.3 is 0 Å². The summed E-state index contributed by atoms with van der Waals surface area (Å²) >= 11 is 8.88. The second kappa shape index (κ2) is 5.25. The molecule has 1 fully saturated rings. The minimum atomic E-state index is -1.06. The summed E-state index contributed by atoms with van der Waals surface area (Å²) in [5.41, 5.74) is 4.92. The summed E-state index contributed by atoms with van der Waals surface area (Å²) in [6.07, 6.45) is 0.776. The van der Waals surface area contributed by atoms with Crippen LogP contribution in [0, 0.1) is 5.82 Å². The van der Waals surface area contributed by atoms with Crippen LogP contribution in [-0.2, 0) is 4.74 Å². The van der Waals surface area contributed by atoms with Crippen LogP contribution >= 0.6 is 27.5 Å². The lowest BCUT2D eigenvalue weighted by atomic mass is 9.83. The molecule has 1 saturated heterocycles. The molecule has 1 aromatic carbocycles. The van der Waals surface area contributed by atoms with Crippen LogP contribution in [0.4, 0.5) is 4.39 Å². The van der Waals surface area contributed by atoms with Gasteiger partial charge in [-0.05, 0) is 40.9 Å². The van der Waals surface area contributed by atoms with Crippen molar-refractivity contribution in [2.45, 2.75) is 18.4 Å². The van der Waals surface area contributed by atoms with Gasteiger partial charge < -0.3 is 10.5 Å². The van der Waals surface area contributed by atoms with Gasteiger partial charge in [-0.25, -0.2) is 4.39 Å². The largest absolute Gasteiger partial charge is 0.381 e. The summed E-state index contributed by atoms with van der Waals surface area (Å²) in [4.78, 5) is 12.3. The Morgan fingerprint density at radius 2 is 2.06 bits per heavy atom. The highest BCUT2D eigenvalue weighted by atomic mass is 79.9. The van der Waals surface area contributed by atoms with E-state index in [1.165, 1.54) is 6.07 Å². The van der Waals surface area contributed by atoms with Crippen LogP contribution in [-0.4, -0.2) is 24.5 Å². The lowest BCUT2D eigenvalue weighted by Gasteiger charge is -2.32. The van der Waals surface area contributed by atoms with E-state index < -0.39 is 17.1 Å². The molecule has 1 aliphatic heterocycles. The lowest BCUT2D eigenvalue weighted by Crippen LogP contribution is -2.52. The number of ketones is 1. The van der Waals surface area contributed by atoms with E-state index in [4.69, 9.17) is 22.1 Å². The van der Waals surface area contributed by atoms with E-state index in [9.17, 15) is 9.18 Å². The van der Waals surface area contributed by atoms with Gasteiger partial charge in [0.2, 0.25) is 0 Å². The van der Waals surface area contributed by atoms with Gasteiger partial charge in [-0.2, -0.15) is 0 Å². The number of carbonyl (C=O) groups is 1. The Labute approximate surface area is 118 Å². The molecule has 0 aromatic heterocycles. The van der Waals surface area contributed by atoms with Gasteiger partial charge in [-0.1, -0.05) is 11.6 Å². The Hall–Kier alpha value is -0.490. The number of halogens is 3. The normalized spacial score (nSPS) is 18.7. The predicted octanol–water partition coefficient (Wildman–Crippen LogP) is 2.93. The first-order valence-corrected chi connectivity index (χ1v) is 6.68. The third-order valence-corrected chi connectivity index (χ3v) is 4.38. The summed E-state index contributed by atoms with van der Waals surface area (Å²) in [5.74, 6) is -1.15. The van der Waals surface area contributed by atoms with Crippen LogP contribution < -0.4 is 5.73 Å². The monoisotopic (exact) mass is 335 g/mol. The zero-order valence-electron chi connectivity index (χ0n) is 9.51. The van der Waals surface area contributed by atoms with Gasteiger partial charge in [0.25, 0.3) is 0 Å². The Bertz CT molecular complexity index is 489. The minimum Gasteiger partial charge on any atom is -0.381 e. The highest BCUT2D eigenvalue weighted by Gasteiger charge is 2.38. The molecule has 0 aliphatic carbocycles. The van der Waals surface area contributed by atoms with E-state index in [1.807, 2.05) is 0 Å². The molecule has 0 unspecified atom stereocenters. The average Bonchev–Trinajstić information content (AvgIpc) is 2.36. The molecule has 1 aromatic rings. The van der Waals surface area contributed by atoms with Crippen molar-refractivity contribution in [3.8, 4) is 0 Å². The van der Waals surface area contributed by atoms with Crippen molar-refractivity contribution in [1.29, 1.82) is 0 Å². The van der Waals surface area contributed by atoms with Gasteiger partial charge in [-0.3, -0.25) is 4.79 Å². The van der Waals surface area contributed by atoms with E-state index >= 15 is 0 Å². The summed E-state index contributed by atoms with van der Waals surface area (Å²) in [5, 5.41) is -0.100. The summed E-state index contributed by atoms with van der Waals surface area (Å²) in [7, 11) is 0. The van der Waals surface area contributed by atoms with E-state index in [0.717, 1.165) is 0 Å². The first-order chi connectivity index (χ1) is 8.46. The highest BCUT2D eigenvalue weighted by molar-refractivity contribution is 9.10. The molecule has 1 aliphatic rings. The van der Waals surface area contributed by atoms with Crippen molar-refractivity contribution in [2.75, 3.05) is 13.2 Å². The molecular weight excluding hydrogens is 324 g/mol. The Morgan fingerprint density at radius 1 is 1.44 bits per heavy atom. The maximum absolute atomic E-state index is 14.0. The standard InChI is InChI=1S/C12H12BrClFNO2/c13-8-2-1-7(10(15)9(8)14)11(17)12(16)3-5-18-6-4-12/h1-2H,3-6,16H2. The number of ether oxygens (including phenoxy) is 1. The molecule has 98 valence electrons. The van der Waals surface area contributed by atoms with Crippen LogP contribution in [0.15, 0.2) is 16.6 Å². The van der Waals surface area contributed by atoms with Gasteiger partial charge in [-0.15, -0.1) is 0 Å². The number of rotatable bonds is 2. The maximum Gasteiger partial charge on any atom is 0.185 e. The molecule has 0 atom stereocenters. The number of carbonyl (C=O) groups excluding carboxylic acids is 1. The molecule has 2 N–H and O–H groups in total.